The van der Waals surface area contributed by atoms with Crippen LogP contribution in [0.2, 0.25) is 0 Å². The summed E-state index contributed by atoms with van der Waals surface area (Å²) in [6.07, 6.45) is 4.70. The molecule has 5 nitrogen and oxygen atoms in total. The second-order valence-electron chi connectivity index (χ2n) is 5.04. The Hall–Kier alpha value is -1.79. The molecule has 0 aliphatic heterocycles. The van der Waals surface area contributed by atoms with E-state index in [-0.39, 0.29) is 18.2 Å². The van der Waals surface area contributed by atoms with Crippen molar-refractivity contribution in [2.24, 2.45) is 0 Å². The van der Waals surface area contributed by atoms with Crippen molar-refractivity contribution in [2.75, 3.05) is 12.8 Å². The summed E-state index contributed by atoms with van der Waals surface area (Å²) in [6.45, 7) is 2.15. The van der Waals surface area contributed by atoms with Crippen molar-refractivity contribution in [1.82, 2.24) is 14.3 Å². The van der Waals surface area contributed by atoms with Crippen LogP contribution in [0, 0.1) is 0 Å². The molecule has 1 aromatic carbocycles. The maximum Gasteiger partial charge on any atom is 0.214 e. The third kappa shape index (κ3) is 4.34. The summed E-state index contributed by atoms with van der Waals surface area (Å²) in [7, 11) is -1.77. The van der Waals surface area contributed by atoms with Crippen LogP contribution in [0.3, 0.4) is 0 Å². The number of hydrogen-bond acceptors (Lipinski definition) is 4. The normalized spacial score (nSPS) is 13.3. The lowest BCUT2D eigenvalue weighted by atomic mass is 10.0. The zero-order valence-electron chi connectivity index (χ0n) is 12.2. The molecule has 1 aromatic heterocycles. The van der Waals surface area contributed by atoms with E-state index in [1.165, 1.54) is 4.31 Å². The van der Waals surface area contributed by atoms with Gasteiger partial charge in [0.1, 0.15) is 0 Å². The third-order valence-corrected chi connectivity index (χ3v) is 5.31. The van der Waals surface area contributed by atoms with E-state index in [9.17, 15) is 8.42 Å². The van der Waals surface area contributed by atoms with Gasteiger partial charge in [-0.05, 0) is 11.5 Å². The van der Waals surface area contributed by atoms with Gasteiger partial charge in [0.05, 0.1) is 18.0 Å². The highest BCUT2D eigenvalue weighted by Crippen LogP contribution is 2.18. The molecule has 0 saturated carbocycles. The molecule has 0 N–H and O–H groups in total. The lowest BCUT2D eigenvalue weighted by Gasteiger charge is -2.19. The van der Waals surface area contributed by atoms with Crippen LogP contribution in [0.25, 0.3) is 0 Å². The summed E-state index contributed by atoms with van der Waals surface area (Å²) >= 11 is 0. The molecule has 0 saturated heterocycles. The van der Waals surface area contributed by atoms with Crippen LogP contribution in [0.15, 0.2) is 48.9 Å². The standard InChI is InChI=1S/C15H19N3O2S/c1-13(14-6-4-3-5-7-14)12-21(19,20)18(2)11-15-10-16-8-9-17-15/h3-10,13H,11-12H2,1-2H3/t13-/m1/s1. The number of hydrogen-bond donors (Lipinski definition) is 0. The van der Waals surface area contributed by atoms with Crippen LogP contribution in [0.1, 0.15) is 24.1 Å². The molecular weight excluding hydrogens is 286 g/mol. The van der Waals surface area contributed by atoms with Crippen molar-refractivity contribution in [2.45, 2.75) is 19.4 Å². The summed E-state index contributed by atoms with van der Waals surface area (Å²) in [5.74, 6) is 0.0221. The van der Waals surface area contributed by atoms with Crippen LogP contribution in [0.4, 0.5) is 0 Å². The smallest absolute Gasteiger partial charge is 0.214 e. The van der Waals surface area contributed by atoms with Crippen LogP contribution in [-0.2, 0) is 16.6 Å². The highest BCUT2D eigenvalue weighted by atomic mass is 32.2. The molecule has 1 heterocycles. The van der Waals surface area contributed by atoms with Crippen molar-refractivity contribution in [1.29, 1.82) is 0 Å². The maximum absolute atomic E-state index is 12.4. The molecule has 2 rings (SSSR count). The fourth-order valence-corrected chi connectivity index (χ4v) is 3.47. The summed E-state index contributed by atoms with van der Waals surface area (Å²) in [5, 5.41) is 0. The number of sulfonamides is 1. The maximum atomic E-state index is 12.4. The summed E-state index contributed by atoms with van der Waals surface area (Å²) in [5.41, 5.74) is 1.66. The fourth-order valence-electron chi connectivity index (χ4n) is 2.06. The number of nitrogens with zero attached hydrogens (tertiary/aromatic N) is 3. The SMILES string of the molecule is C[C@H](CS(=O)(=O)N(C)Cc1cnccn1)c1ccccc1. The second kappa shape index (κ2) is 6.78. The summed E-state index contributed by atoms with van der Waals surface area (Å²) in [6, 6.07) is 9.65. The largest absolute Gasteiger partial charge is 0.261 e. The topological polar surface area (TPSA) is 63.2 Å². The average molecular weight is 305 g/mol. The quantitative estimate of drug-likeness (QED) is 0.819. The Labute approximate surface area is 125 Å². The molecule has 6 heteroatoms. The van der Waals surface area contributed by atoms with Gasteiger partial charge in [-0.25, -0.2) is 8.42 Å². The zero-order chi connectivity index (χ0) is 15.3. The molecule has 0 unspecified atom stereocenters. The molecule has 1 atom stereocenters. The lowest BCUT2D eigenvalue weighted by Crippen LogP contribution is -2.31. The van der Waals surface area contributed by atoms with Crippen molar-refractivity contribution in [3.8, 4) is 0 Å². The highest BCUT2D eigenvalue weighted by molar-refractivity contribution is 7.89. The Balaban J connectivity index is 2.04. The van der Waals surface area contributed by atoms with E-state index in [0.29, 0.717) is 5.69 Å². The molecule has 0 bridgehead atoms. The molecule has 112 valence electrons. The molecule has 0 radical (unpaired) electrons. The Morgan fingerprint density at radius 2 is 1.90 bits per heavy atom. The minimum atomic E-state index is -3.34. The van der Waals surface area contributed by atoms with Crippen molar-refractivity contribution < 1.29 is 8.42 Å². The van der Waals surface area contributed by atoms with E-state index in [1.54, 1.807) is 25.6 Å². The highest BCUT2D eigenvalue weighted by Gasteiger charge is 2.22. The minimum Gasteiger partial charge on any atom is -0.261 e. The van der Waals surface area contributed by atoms with E-state index in [2.05, 4.69) is 9.97 Å². The minimum absolute atomic E-state index is 0.0551. The van der Waals surface area contributed by atoms with Gasteiger partial charge < -0.3 is 0 Å². The lowest BCUT2D eigenvalue weighted by molar-refractivity contribution is 0.458. The van der Waals surface area contributed by atoms with Gasteiger partial charge in [-0.1, -0.05) is 37.3 Å². The summed E-state index contributed by atoms with van der Waals surface area (Å²) in [4.78, 5) is 8.05. The Morgan fingerprint density at radius 1 is 1.19 bits per heavy atom. The van der Waals surface area contributed by atoms with Gasteiger partial charge in [-0.3, -0.25) is 9.97 Å². The van der Waals surface area contributed by atoms with Crippen molar-refractivity contribution in [3.63, 3.8) is 0 Å². The van der Waals surface area contributed by atoms with Crippen LogP contribution < -0.4 is 0 Å². The molecule has 21 heavy (non-hydrogen) atoms. The number of rotatable bonds is 6. The van der Waals surface area contributed by atoms with Crippen LogP contribution in [0.5, 0.6) is 0 Å². The average Bonchev–Trinajstić information content (AvgIpc) is 2.48. The van der Waals surface area contributed by atoms with Gasteiger partial charge >= 0.3 is 0 Å². The van der Waals surface area contributed by atoms with Crippen molar-refractivity contribution >= 4 is 10.0 Å². The summed E-state index contributed by atoms with van der Waals surface area (Å²) < 4.78 is 26.1. The van der Waals surface area contributed by atoms with E-state index in [1.807, 2.05) is 37.3 Å². The monoisotopic (exact) mass is 305 g/mol. The molecule has 2 aromatic rings. The molecule has 0 fully saturated rings. The first kappa shape index (κ1) is 15.6. The molecule has 0 aliphatic carbocycles. The second-order valence-corrected chi connectivity index (χ2v) is 7.16. The Bertz CT molecular complexity index is 660. The van der Waals surface area contributed by atoms with Gasteiger partial charge in [-0.15, -0.1) is 0 Å². The third-order valence-electron chi connectivity index (χ3n) is 3.31. The zero-order valence-corrected chi connectivity index (χ0v) is 13.0. The van der Waals surface area contributed by atoms with Gasteiger partial charge in [0, 0.05) is 25.6 Å². The first-order chi connectivity index (χ1) is 9.99. The van der Waals surface area contributed by atoms with Crippen LogP contribution in [-0.4, -0.2) is 35.5 Å². The van der Waals surface area contributed by atoms with E-state index in [4.69, 9.17) is 0 Å². The van der Waals surface area contributed by atoms with E-state index < -0.39 is 10.0 Å². The Morgan fingerprint density at radius 3 is 2.52 bits per heavy atom. The molecular formula is C15H19N3O2S. The number of benzene rings is 1. The van der Waals surface area contributed by atoms with Gasteiger partial charge in [-0.2, -0.15) is 4.31 Å². The molecule has 0 aliphatic rings. The number of aromatic nitrogens is 2. The first-order valence-electron chi connectivity index (χ1n) is 6.73. The predicted octanol–water partition coefficient (Wildman–Crippen LogP) is 2.04. The van der Waals surface area contributed by atoms with E-state index >= 15 is 0 Å². The first-order valence-corrected chi connectivity index (χ1v) is 8.34. The van der Waals surface area contributed by atoms with Gasteiger partial charge in [0.15, 0.2) is 0 Å². The van der Waals surface area contributed by atoms with E-state index in [0.717, 1.165) is 5.56 Å². The Kier molecular flexibility index (Phi) is 5.03. The molecule has 0 spiro atoms. The molecule has 0 amide bonds. The van der Waals surface area contributed by atoms with Gasteiger partial charge in [0.25, 0.3) is 0 Å². The van der Waals surface area contributed by atoms with Crippen LogP contribution >= 0.6 is 0 Å². The fraction of sp³-hybridized carbons (Fsp3) is 0.333. The van der Waals surface area contributed by atoms with Gasteiger partial charge in [0.2, 0.25) is 10.0 Å². The van der Waals surface area contributed by atoms with Crippen molar-refractivity contribution in [3.05, 3.63) is 60.2 Å². The predicted molar refractivity (Wildman–Crippen MR) is 82.1 cm³/mol.